The van der Waals surface area contributed by atoms with Gasteiger partial charge >= 0.3 is 0 Å². The predicted molar refractivity (Wildman–Crippen MR) is 132 cm³/mol. The topological polar surface area (TPSA) is 75.1 Å². The van der Waals surface area contributed by atoms with Crippen molar-refractivity contribution in [2.24, 2.45) is 11.8 Å². The number of hydrogen-bond acceptors (Lipinski definition) is 5. The molecule has 1 amide bonds. The molecule has 1 saturated carbocycles. The molecule has 2 heterocycles. The van der Waals surface area contributed by atoms with E-state index in [1.807, 2.05) is 12.1 Å². The van der Waals surface area contributed by atoms with E-state index in [0.29, 0.717) is 23.1 Å². The van der Waals surface area contributed by atoms with E-state index in [4.69, 9.17) is 4.98 Å². The van der Waals surface area contributed by atoms with Crippen LogP contribution in [0, 0.1) is 11.8 Å². The molecular weight excluding hydrogens is 456 g/mol. The van der Waals surface area contributed by atoms with E-state index in [2.05, 4.69) is 24.1 Å². The maximum atomic E-state index is 13.0. The number of fused-ring (bicyclic) bond motifs is 1. The predicted octanol–water partition coefficient (Wildman–Crippen LogP) is 7.04. The summed E-state index contributed by atoms with van der Waals surface area (Å²) in [6.07, 6.45) is 1.90. The van der Waals surface area contributed by atoms with Crippen LogP contribution in [0.15, 0.2) is 30.3 Å². The van der Waals surface area contributed by atoms with Gasteiger partial charge in [-0.05, 0) is 75.6 Å². The number of carbonyl (C=O) groups excluding carboxylic acids is 1. The maximum Gasteiger partial charge on any atom is 0.280 e. The summed E-state index contributed by atoms with van der Waals surface area (Å²) in [6, 6.07) is 7.59. The molecule has 0 unspecified atom stereocenters. The summed E-state index contributed by atoms with van der Waals surface area (Å²) in [5, 5.41) is 14.6. The van der Waals surface area contributed by atoms with Crippen molar-refractivity contribution < 1.29 is 18.7 Å². The van der Waals surface area contributed by atoms with Crippen molar-refractivity contribution in [3.05, 3.63) is 52.3 Å². The van der Waals surface area contributed by atoms with Gasteiger partial charge in [-0.1, -0.05) is 19.9 Å². The third-order valence-corrected chi connectivity index (χ3v) is 7.92. The van der Waals surface area contributed by atoms with Crippen LogP contribution in [0.3, 0.4) is 0 Å². The quantitative estimate of drug-likeness (QED) is 0.391. The number of nitrogens with zero attached hydrogens (tertiary/aromatic N) is 2. The van der Waals surface area contributed by atoms with E-state index in [1.165, 1.54) is 31.0 Å². The van der Waals surface area contributed by atoms with E-state index in [-0.39, 0.29) is 5.69 Å². The van der Waals surface area contributed by atoms with Gasteiger partial charge < -0.3 is 10.4 Å². The van der Waals surface area contributed by atoms with Crippen LogP contribution in [-0.2, 0) is 5.60 Å². The highest BCUT2D eigenvalue weighted by molar-refractivity contribution is 7.18. The lowest BCUT2D eigenvalue weighted by molar-refractivity contribution is 0.0794. The van der Waals surface area contributed by atoms with Crippen LogP contribution in [-0.4, -0.2) is 21.0 Å². The molecule has 0 radical (unpaired) electrons. The molecule has 0 aliphatic heterocycles. The number of hydrogen-bond donors (Lipinski definition) is 2. The standard InChI is InChI=1S/C26H31F2N3O2S/c1-14(2)15-8-10-16(11-9-15)25-31-21-12-17(26(3,4)33)20(13-22(21)34-25)30-24(32)19-7-5-6-18(29-19)23(27)28/h5-7,12-16,23,33H,8-11H2,1-4H3,(H,30,32)/t15-,16-. The molecule has 34 heavy (non-hydrogen) atoms. The van der Waals surface area contributed by atoms with Gasteiger partial charge in [-0.3, -0.25) is 4.79 Å². The Morgan fingerprint density at radius 3 is 2.47 bits per heavy atom. The molecule has 8 heteroatoms. The van der Waals surface area contributed by atoms with Crippen molar-refractivity contribution in [1.82, 2.24) is 9.97 Å². The number of amides is 1. The van der Waals surface area contributed by atoms with Gasteiger partial charge in [0, 0.05) is 17.2 Å². The van der Waals surface area contributed by atoms with E-state index in [1.54, 1.807) is 25.2 Å². The van der Waals surface area contributed by atoms with Gasteiger partial charge in [0.2, 0.25) is 0 Å². The number of halogens is 2. The molecule has 1 fully saturated rings. The van der Waals surface area contributed by atoms with Crippen LogP contribution >= 0.6 is 11.3 Å². The Labute approximate surface area is 202 Å². The van der Waals surface area contributed by atoms with E-state index in [0.717, 1.165) is 34.0 Å². The normalized spacial score (nSPS) is 19.2. The third kappa shape index (κ3) is 5.28. The summed E-state index contributed by atoms with van der Waals surface area (Å²) in [4.78, 5) is 21.5. The lowest BCUT2D eigenvalue weighted by atomic mass is 9.77. The smallest absolute Gasteiger partial charge is 0.280 e. The molecule has 5 nitrogen and oxygen atoms in total. The van der Waals surface area contributed by atoms with Crippen molar-refractivity contribution >= 4 is 33.1 Å². The SMILES string of the molecule is CC(C)[C@H]1CC[C@H](c2nc3cc(C(C)(C)O)c(NC(=O)c4cccc(C(F)F)n4)cc3s2)CC1. The molecule has 0 bridgehead atoms. The average molecular weight is 488 g/mol. The number of aromatic nitrogens is 2. The Bertz CT molecular complexity index is 1180. The summed E-state index contributed by atoms with van der Waals surface area (Å²) < 4.78 is 26.9. The first-order chi connectivity index (χ1) is 16.0. The van der Waals surface area contributed by atoms with Gasteiger partial charge in [-0.25, -0.2) is 18.7 Å². The third-order valence-electron chi connectivity index (χ3n) is 6.74. The fraction of sp³-hybridized carbons (Fsp3) is 0.500. The monoisotopic (exact) mass is 487 g/mol. The Balaban J connectivity index is 1.64. The molecule has 1 aromatic carbocycles. The van der Waals surface area contributed by atoms with Crippen LogP contribution in [0.1, 0.15) is 92.5 Å². The van der Waals surface area contributed by atoms with Gasteiger partial charge in [0.05, 0.1) is 20.8 Å². The Kier molecular flexibility index (Phi) is 7.01. The largest absolute Gasteiger partial charge is 0.386 e. The van der Waals surface area contributed by atoms with Crippen LogP contribution in [0.25, 0.3) is 10.2 Å². The molecule has 1 aliphatic carbocycles. The number of aliphatic hydroxyl groups is 1. The fourth-order valence-electron chi connectivity index (χ4n) is 4.69. The van der Waals surface area contributed by atoms with Crippen LogP contribution in [0.4, 0.5) is 14.5 Å². The highest BCUT2D eigenvalue weighted by atomic mass is 32.1. The summed E-state index contributed by atoms with van der Waals surface area (Å²) in [7, 11) is 0. The van der Waals surface area contributed by atoms with Crippen molar-refractivity contribution in [2.45, 2.75) is 71.3 Å². The van der Waals surface area contributed by atoms with Crippen LogP contribution in [0.2, 0.25) is 0 Å². The number of pyridine rings is 1. The van der Waals surface area contributed by atoms with Gasteiger partial charge in [-0.2, -0.15) is 0 Å². The Morgan fingerprint density at radius 1 is 1.15 bits per heavy atom. The highest BCUT2D eigenvalue weighted by Crippen LogP contribution is 2.42. The molecule has 3 aromatic rings. The zero-order valence-electron chi connectivity index (χ0n) is 19.9. The van der Waals surface area contributed by atoms with Crippen molar-refractivity contribution in [2.75, 3.05) is 5.32 Å². The molecule has 2 N–H and O–H groups in total. The van der Waals surface area contributed by atoms with Gasteiger partial charge in [-0.15, -0.1) is 11.3 Å². The van der Waals surface area contributed by atoms with E-state index in [9.17, 15) is 18.7 Å². The molecular formula is C26H31F2N3O2S. The minimum atomic E-state index is -2.76. The summed E-state index contributed by atoms with van der Waals surface area (Å²) in [5.74, 6) is 1.29. The second kappa shape index (κ2) is 9.66. The zero-order valence-corrected chi connectivity index (χ0v) is 20.8. The number of thiazole rings is 1. The lowest BCUT2D eigenvalue weighted by Gasteiger charge is -2.29. The summed E-state index contributed by atoms with van der Waals surface area (Å²) >= 11 is 1.62. The van der Waals surface area contributed by atoms with Crippen molar-refractivity contribution in [3.8, 4) is 0 Å². The number of rotatable bonds is 6. The Morgan fingerprint density at radius 2 is 1.85 bits per heavy atom. The molecule has 1 aliphatic rings. The number of anilines is 1. The molecule has 0 saturated heterocycles. The number of benzene rings is 1. The molecule has 0 spiro atoms. The minimum Gasteiger partial charge on any atom is -0.386 e. The Hall–Kier alpha value is -2.45. The summed E-state index contributed by atoms with van der Waals surface area (Å²) in [5.41, 5.74) is -0.0732. The lowest BCUT2D eigenvalue weighted by Crippen LogP contribution is -2.21. The maximum absolute atomic E-state index is 13.0. The first kappa shape index (κ1) is 24.7. The second-order valence-corrected chi connectivity index (χ2v) is 11.1. The van der Waals surface area contributed by atoms with Crippen LogP contribution in [0.5, 0.6) is 0 Å². The fourth-order valence-corrected chi connectivity index (χ4v) is 5.85. The molecule has 182 valence electrons. The number of alkyl halides is 2. The van der Waals surface area contributed by atoms with Crippen LogP contribution < -0.4 is 5.32 Å². The van der Waals surface area contributed by atoms with Gasteiger partial charge in [0.25, 0.3) is 12.3 Å². The van der Waals surface area contributed by atoms with Gasteiger partial charge in [0.1, 0.15) is 11.4 Å². The first-order valence-electron chi connectivity index (χ1n) is 11.8. The van der Waals surface area contributed by atoms with Crippen molar-refractivity contribution in [3.63, 3.8) is 0 Å². The zero-order chi connectivity index (χ0) is 24.6. The average Bonchev–Trinajstić information content (AvgIpc) is 3.21. The number of carbonyl (C=O) groups is 1. The van der Waals surface area contributed by atoms with E-state index < -0.39 is 23.6 Å². The van der Waals surface area contributed by atoms with Gasteiger partial charge in [0.15, 0.2) is 0 Å². The summed E-state index contributed by atoms with van der Waals surface area (Å²) in [6.45, 7) is 7.85. The van der Waals surface area contributed by atoms with Crippen molar-refractivity contribution in [1.29, 1.82) is 0 Å². The molecule has 2 aromatic heterocycles. The highest BCUT2D eigenvalue weighted by Gasteiger charge is 2.28. The first-order valence-corrected chi connectivity index (χ1v) is 12.6. The minimum absolute atomic E-state index is 0.105. The molecule has 4 rings (SSSR count). The van der Waals surface area contributed by atoms with E-state index >= 15 is 0 Å². The second-order valence-electron chi connectivity index (χ2n) is 10.0. The number of nitrogens with one attached hydrogen (secondary N) is 1. The molecule has 0 atom stereocenters.